The minimum absolute atomic E-state index is 0.0760. The number of hydrogen-bond acceptors (Lipinski definition) is 3. The maximum atomic E-state index is 12.7. The number of benzene rings is 2. The third kappa shape index (κ3) is 4.83. The number of carbonyl (C=O) groups is 1. The van der Waals surface area contributed by atoms with E-state index in [0.29, 0.717) is 19.2 Å². The van der Waals surface area contributed by atoms with Crippen LogP contribution in [0.25, 0.3) is 0 Å². The third-order valence-corrected chi connectivity index (χ3v) is 4.52. The van der Waals surface area contributed by atoms with Gasteiger partial charge in [0.25, 0.3) is 0 Å². The standard InChI is InChI=1S/C21H26N2O2/c1-16-8-6-7-11-19(16)25-15-14-23(2)20(17-9-4-3-5-10-17)21(24)22-18-12-13-18/h3-11,18,20H,12-15H2,1-2H3,(H,22,24)/t20-/m0/s1. The summed E-state index contributed by atoms with van der Waals surface area (Å²) in [7, 11) is 1.98. The molecule has 0 heterocycles. The number of nitrogens with one attached hydrogen (secondary N) is 1. The highest BCUT2D eigenvalue weighted by atomic mass is 16.5. The van der Waals surface area contributed by atoms with Crippen LogP contribution < -0.4 is 10.1 Å². The molecule has 1 aliphatic rings. The number of amides is 1. The monoisotopic (exact) mass is 338 g/mol. The van der Waals surface area contributed by atoms with Crippen LogP contribution in [0.2, 0.25) is 0 Å². The molecule has 1 amide bonds. The first-order chi connectivity index (χ1) is 12.1. The molecule has 3 rings (SSSR count). The molecule has 25 heavy (non-hydrogen) atoms. The van der Waals surface area contributed by atoms with Gasteiger partial charge in [0.2, 0.25) is 5.91 Å². The summed E-state index contributed by atoms with van der Waals surface area (Å²) in [6, 6.07) is 18.0. The largest absolute Gasteiger partial charge is 0.492 e. The summed E-state index contributed by atoms with van der Waals surface area (Å²) >= 11 is 0. The van der Waals surface area contributed by atoms with Crippen LogP contribution >= 0.6 is 0 Å². The van der Waals surface area contributed by atoms with Crippen LogP contribution in [-0.4, -0.2) is 37.0 Å². The second kappa shape index (κ2) is 8.17. The number of rotatable bonds is 8. The van der Waals surface area contributed by atoms with Gasteiger partial charge in [-0.2, -0.15) is 0 Å². The fourth-order valence-electron chi connectivity index (χ4n) is 2.90. The Morgan fingerprint density at radius 3 is 2.52 bits per heavy atom. The number of aryl methyl sites for hydroxylation is 1. The lowest BCUT2D eigenvalue weighted by Gasteiger charge is -2.27. The van der Waals surface area contributed by atoms with Crippen molar-refractivity contribution in [2.75, 3.05) is 20.2 Å². The van der Waals surface area contributed by atoms with Crippen molar-refractivity contribution in [1.29, 1.82) is 0 Å². The molecule has 1 N–H and O–H groups in total. The smallest absolute Gasteiger partial charge is 0.242 e. The summed E-state index contributed by atoms with van der Waals surface area (Å²) in [4.78, 5) is 14.8. The average Bonchev–Trinajstić information content (AvgIpc) is 3.42. The van der Waals surface area contributed by atoms with Gasteiger partial charge in [-0.1, -0.05) is 48.5 Å². The maximum Gasteiger partial charge on any atom is 0.242 e. The van der Waals surface area contributed by atoms with E-state index in [2.05, 4.69) is 10.2 Å². The van der Waals surface area contributed by atoms with E-state index < -0.39 is 0 Å². The summed E-state index contributed by atoms with van der Waals surface area (Å²) in [5.74, 6) is 0.974. The van der Waals surface area contributed by atoms with E-state index in [9.17, 15) is 4.79 Å². The molecule has 1 fully saturated rings. The number of ether oxygens (including phenoxy) is 1. The second-order valence-corrected chi connectivity index (χ2v) is 6.69. The van der Waals surface area contributed by atoms with E-state index in [1.165, 1.54) is 0 Å². The molecule has 4 nitrogen and oxygen atoms in total. The van der Waals surface area contributed by atoms with Crippen LogP contribution in [0.1, 0.15) is 30.0 Å². The van der Waals surface area contributed by atoms with Crippen molar-refractivity contribution in [3.63, 3.8) is 0 Å². The zero-order valence-electron chi connectivity index (χ0n) is 14.9. The molecule has 2 aromatic carbocycles. The molecule has 0 bridgehead atoms. The van der Waals surface area contributed by atoms with Crippen molar-refractivity contribution in [3.05, 3.63) is 65.7 Å². The van der Waals surface area contributed by atoms with Crippen molar-refractivity contribution in [3.8, 4) is 5.75 Å². The van der Waals surface area contributed by atoms with Gasteiger partial charge in [0, 0.05) is 12.6 Å². The average molecular weight is 338 g/mol. The van der Waals surface area contributed by atoms with E-state index in [4.69, 9.17) is 4.74 Å². The summed E-state index contributed by atoms with van der Waals surface area (Å²) in [5.41, 5.74) is 2.13. The van der Waals surface area contributed by atoms with Crippen LogP contribution in [-0.2, 0) is 4.79 Å². The van der Waals surface area contributed by atoms with Gasteiger partial charge in [-0.3, -0.25) is 9.69 Å². The summed E-state index contributed by atoms with van der Waals surface area (Å²) in [6.07, 6.45) is 2.18. The van der Waals surface area contributed by atoms with Gasteiger partial charge < -0.3 is 10.1 Å². The van der Waals surface area contributed by atoms with Crippen LogP contribution in [0.5, 0.6) is 5.75 Å². The molecule has 0 aliphatic heterocycles. The molecule has 4 heteroatoms. The maximum absolute atomic E-state index is 12.7. The Kier molecular flexibility index (Phi) is 5.71. The van der Waals surface area contributed by atoms with Gasteiger partial charge >= 0.3 is 0 Å². The summed E-state index contributed by atoms with van der Waals surface area (Å²) < 4.78 is 5.89. The molecule has 0 unspecified atom stereocenters. The Morgan fingerprint density at radius 1 is 1.16 bits per heavy atom. The van der Waals surface area contributed by atoms with Crippen molar-refractivity contribution in [2.45, 2.75) is 31.8 Å². The first-order valence-electron chi connectivity index (χ1n) is 8.89. The minimum atomic E-state index is -0.290. The highest BCUT2D eigenvalue weighted by Crippen LogP contribution is 2.24. The highest BCUT2D eigenvalue weighted by Gasteiger charge is 2.30. The van der Waals surface area contributed by atoms with Crippen LogP contribution in [0.3, 0.4) is 0 Å². The lowest BCUT2D eigenvalue weighted by Crippen LogP contribution is -2.41. The molecule has 0 aromatic heterocycles. The van der Waals surface area contributed by atoms with E-state index in [1.54, 1.807) is 0 Å². The quantitative estimate of drug-likeness (QED) is 0.803. The van der Waals surface area contributed by atoms with E-state index in [-0.39, 0.29) is 11.9 Å². The number of carbonyl (C=O) groups excluding carboxylic acids is 1. The van der Waals surface area contributed by atoms with Crippen LogP contribution in [0.15, 0.2) is 54.6 Å². The molecule has 0 saturated heterocycles. The SMILES string of the molecule is Cc1ccccc1OCCN(C)[C@H](C(=O)NC1CC1)c1ccccc1. The summed E-state index contributed by atoms with van der Waals surface area (Å²) in [5, 5.41) is 3.13. The predicted octanol–water partition coefficient (Wildman–Crippen LogP) is 3.33. The van der Waals surface area contributed by atoms with Crippen molar-refractivity contribution in [2.24, 2.45) is 0 Å². The van der Waals surface area contributed by atoms with Crippen molar-refractivity contribution in [1.82, 2.24) is 10.2 Å². The topological polar surface area (TPSA) is 41.6 Å². The second-order valence-electron chi connectivity index (χ2n) is 6.69. The highest BCUT2D eigenvalue weighted by molar-refractivity contribution is 5.83. The number of likely N-dealkylation sites (N-methyl/N-ethyl adjacent to an activating group) is 1. The van der Waals surface area contributed by atoms with Gasteiger partial charge in [-0.25, -0.2) is 0 Å². The molecular weight excluding hydrogens is 312 g/mol. The molecule has 132 valence electrons. The van der Waals surface area contributed by atoms with Crippen LogP contribution in [0, 0.1) is 6.92 Å². The molecule has 1 aliphatic carbocycles. The molecule has 1 saturated carbocycles. The van der Waals surface area contributed by atoms with Gasteiger partial charge in [0.15, 0.2) is 0 Å². The zero-order chi connectivity index (χ0) is 17.6. The number of para-hydroxylation sites is 1. The fourth-order valence-corrected chi connectivity index (χ4v) is 2.90. The zero-order valence-corrected chi connectivity index (χ0v) is 14.9. The Labute approximate surface area is 149 Å². The van der Waals surface area contributed by atoms with Crippen molar-refractivity contribution >= 4 is 5.91 Å². The summed E-state index contributed by atoms with van der Waals surface area (Å²) in [6.45, 7) is 3.25. The van der Waals surface area contributed by atoms with Crippen LogP contribution in [0.4, 0.5) is 0 Å². The third-order valence-electron chi connectivity index (χ3n) is 4.52. The first kappa shape index (κ1) is 17.5. The minimum Gasteiger partial charge on any atom is -0.492 e. The molecule has 1 atom stereocenters. The fraction of sp³-hybridized carbons (Fsp3) is 0.381. The van der Waals surface area contributed by atoms with Gasteiger partial charge in [0.1, 0.15) is 18.4 Å². The first-order valence-corrected chi connectivity index (χ1v) is 8.89. The Balaban J connectivity index is 1.63. The lowest BCUT2D eigenvalue weighted by atomic mass is 10.0. The normalized spacial score (nSPS) is 15.0. The Bertz CT molecular complexity index is 698. The van der Waals surface area contributed by atoms with Gasteiger partial charge in [-0.05, 0) is 44.0 Å². The van der Waals surface area contributed by atoms with Gasteiger partial charge in [0.05, 0.1) is 0 Å². The molecule has 0 radical (unpaired) electrons. The predicted molar refractivity (Wildman–Crippen MR) is 99.7 cm³/mol. The molecular formula is C21H26N2O2. The molecule has 0 spiro atoms. The van der Waals surface area contributed by atoms with Crippen molar-refractivity contribution < 1.29 is 9.53 Å². The molecule has 2 aromatic rings. The van der Waals surface area contributed by atoms with Gasteiger partial charge in [-0.15, -0.1) is 0 Å². The Morgan fingerprint density at radius 2 is 1.84 bits per heavy atom. The van der Waals surface area contributed by atoms with E-state index >= 15 is 0 Å². The number of nitrogens with zero attached hydrogens (tertiary/aromatic N) is 1. The van der Waals surface area contributed by atoms with E-state index in [0.717, 1.165) is 29.7 Å². The van der Waals surface area contributed by atoms with E-state index in [1.807, 2.05) is 68.6 Å². The Hall–Kier alpha value is -2.33. The lowest BCUT2D eigenvalue weighted by molar-refractivity contribution is -0.126. The number of hydrogen-bond donors (Lipinski definition) is 1.